The molecule has 0 bridgehead atoms. The summed E-state index contributed by atoms with van der Waals surface area (Å²) in [6.45, 7) is 7.45. The highest BCUT2D eigenvalue weighted by molar-refractivity contribution is 5.89. The van der Waals surface area contributed by atoms with E-state index in [1.165, 1.54) is 10.5 Å². The molecule has 2 N–H and O–H groups in total. The van der Waals surface area contributed by atoms with E-state index in [0.717, 1.165) is 24.2 Å². The van der Waals surface area contributed by atoms with Crippen LogP contribution in [0.5, 0.6) is 5.75 Å². The highest BCUT2D eigenvalue weighted by Gasteiger charge is 2.40. The van der Waals surface area contributed by atoms with Crippen molar-refractivity contribution in [1.82, 2.24) is 9.80 Å². The third-order valence-electron chi connectivity index (χ3n) is 6.12. The van der Waals surface area contributed by atoms with E-state index in [1.54, 1.807) is 7.11 Å². The van der Waals surface area contributed by atoms with Gasteiger partial charge < -0.3 is 20.3 Å². The molecule has 2 amide bonds. The lowest BCUT2D eigenvalue weighted by atomic mass is 9.77. The van der Waals surface area contributed by atoms with Crippen molar-refractivity contribution in [2.24, 2.45) is 11.1 Å². The molecule has 3 atom stereocenters. The van der Waals surface area contributed by atoms with E-state index in [1.807, 2.05) is 23.1 Å². The Morgan fingerprint density at radius 2 is 2.03 bits per heavy atom. The Balaban J connectivity index is 1.79. The molecule has 0 aliphatic carbocycles. The molecule has 7 heteroatoms. The number of fused-ring (bicyclic) bond motifs is 1. The predicted octanol–water partition coefficient (Wildman–Crippen LogP) is 2.40. The Kier molecular flexibility index (Phi) is 6.37. The summed E-state index contributed by atoms with van der Waals surface area (Å²) in [5, 5.41) is 9.24. The number of rotatable bonds is 4. The van der Waals surface area contributed by atoms with Crippen molar-refractivity contribution in [3.63, 3.8) is 0 Å². The van der Waals surface area contributed by atoms with Crippen LogP contribution in [-0.4, -0.2) is 53.9 Å². The van der Waals surface area contributed by atoms with Crippen LogP contribution >= 0.6 is 0 Å². The van der Waals surface area contributed by atoms with Crippen molar-refractivity contribution >= 4 is 11.8 Å². The summed E-state index contributed by atoms with van der Waals surface area (Å²) in [5.74, 6) is 0.387. The molecule has 162 valence electrons. The van der Waals surface area contributed by atoms with Crippen LogP contribution in [0.4, 0.5) is 0 Å². The molecule has 1 saturated heterocycles. The molecule has 1 aromatic carbocycles. The van der Waals surface area contributed by atoms with Gasteiger partial charge in [-0.25, -0.2) is 0 Å². The van der Waals surface area contributed by atoms with E-state index in [4.69, 9.17) is 10.5 Å². The van der Waals surface area contributed by atoms with E-state index in [-0.39, 0.29) is 29.7 Å². The average molecular weight is 413 g/mol. The third kappa shape index (κ3) is 4.29. The van der Waals surface area contributed by atoms with Crippen molar-refractivity contribution in [1.29, 1.82) is 5.26 Å². The second-order valence-corrected chi connectivity index (χ2v) is 9.30. The van der Waals surface area contributed by atoms with Gasteiger partial charge in [-0.3, -0.25) is 9.59 Å². The summed E-state index contributed by atoms with van der Waals surface area (Å²) >= 11 is 0. The molecule has 0 spiro atoms. The minimum Gasteiger partial charge on any atom is -0.497 e. The number of likely N-dealkylation sites (tertiary alicyclic amines) is 1. The van der Waals surface area contributed by atoms with E-state index >= 15 is 0 Å². The molecule has 1 fully saturated rings. The Hall–Kier alpha value is -2.59. The van der Waals surface area contributed by atoms with Gasteiger partial charge in [0.1, 0.15) is 11.8 Å². The van der Waals surface area contributed by atoms with Crippen LogP contribution in [0.3, 0.4) is 0 Å². The predicted molar refractivity (Wildman–Crippen MR) is 114 cm³/mol. The SMILES string of the molecule is COc1ccc2c(c1)CCN(C(=O)C[C@H](N)C(=O)N1CCC[C@H]1C#N)C2C(C)(C)C. The summed E-state index contributed by atoms with van der Waals surface area (Å²) in [5.41, 5.74) is 8.26. The van der Waals surface area contributed by atoms with Crippen LogP contribution in [0.25, 0.3) is 0 Å². The molecule has 0 saturated carbocycles. The smallest absolute Gasteiger partial charge is 0.241 e. The van der Waals surface area contributed by atoms with Crippen LogP contribution in [0, 0.1) is 16.7 Å². The first kappa shape index (κ1) is 22.1. The zero-order valence-corrected chi connectivity index (χ0v) is 18.4. The molecule has 2 aliphatic rings. The molecular formula is C23H32N4O3. The monoisotopic (exact) mass is 412 g/mol. The van der Waals surface area contributed by atoms with E-state index in [9.17, 15) is 14.9 Å². The average Bonchev–Trinajstić information content (AvgIpc) is 3.19. The normalized spacial score (nSPS) is 22.3. The highest BCUT2D eigenvalue weighted by Crippen LogP contribution is 2.43. The van der Waals surface area contributed by atoms with Gasteiger partial charge >= 0.3 is 0 Å². The number of amides is 2. The summed E-state index contributed by atoms with van der Waals surface area (Å²) in [4.78, 5) is 29.4. The fourth-order valence-corrected chi connectivity index (χ4v) is 4.70. The van der Waals surface area contributed by atoms with Gasteiger partial charge in [0.15, 0.2) is 0 Å². The van der Waals surface area contributed by atoms with Crippen molar-refractivity contribution < 1.29 is 14.3 Å². The van der Waals surface area contributed by atoms with Crippen molar-refractivity contribution in [2.75, 3.05) is 20.2 Å². The maximum Gasteiger partial charge on any atom is 0.241 e. The maximum atomic E-state index is 13.3. The lowest BCUT2D eigenvalue weighted by Gasteiger charge is -2.45. The Bertz CT molecular complexity index is 855. The number of nitriles is 1. The molecule has 1 aromatic rings. The summed E-state index contributed by atoms with van der Waals surface area (Å²) < 4.78 is 5.36. The fraction of sp³-hybridized carbons (Fsp3) is 0.609. The quantitative estimate of drug-likeness (QED) is 0.819. The van der Waals surface area contributed by atoms with Crippen molar-refractivity contribution in [2.45, 2.75) is 64.6 Å². The third-order valence-corrected chi connectivity index (χ3v) is 6.12. The summed E-state index contributed by atoms with van der Waals surface area (Å²) in [6.07, 6.45) is 2.15. The number of hydrogen-bond donors (Lipinski definition) is 1. The number of ether oxygens (including phenoxy) is 1. The van der Waals surface area contributed by atoms with E-state index in [0.29, 0.717) is 19.5 Å². The molecule has 0 aromatic heterocycles. The molecule has 0 radical (unpaired) electrons. The van der Waals surface area contributed by atoms with Crippen LogP contribution in [0.1, 0.15) is 57.2 Å². The van der Waals surface area contributed by atoms with E-state index < -0.39 is 12.1 Å². The minimum atomic E-state index is -0.927. The second-order valence-electron chi connectivity index (χ2n) is 9.30. The number of methoxy groups -OCH3 is 1. The largest absolute Gasteiger partial charge is 0.497 e. The summed E-state index contributed by atoms with van der Waals surface area (Å²) in [7, 11) is 1.65. The highest BCUT2D eigenvalue weighted by atomic mass is 16.5. The van der Waals surface area contributed by atoms with Crippen LogP contribution < -0.4 is 10.5 Å². The van der Waals surface area contributed by atoms with Gasteiger partial charge in [0.05, 0.1) is 31.7 Å². The first-order chi connectivity index (χ1) is 14.2. The molecule has 2 aliphatic heterocycles. The van der Waals surface area contributed by atoms with Crippen LogP contribution in [0.15, 0.2) is 18.2 Å². The lowest BCUT2D eigenvalue weighted by molar-refractivity contribution is -0.141. The molecule has 30 heavy (non-hydrogen) atoms. The number of carbonyl (C=O) groups excluding carboxylic acids is 2. The van der Waals surface area contributed by atoms with Crippen molar-refractivity contribution in [3.05, 3.63) is 29.3 Å². The molecule has 2 heterocycles. The minimum absolute atomic E-state index is 0.0500. The van der Waals surface area contributed by atoms with Gasteiger partial charge in [-0.15, -0.1) is 0 Å². The molecular weight excluding hydrogens is 380 g/mol. The molecule has 3 rings (SSSR count). The first-order valence-electron chi connectivity index (χ1n) is 10.6. The van der Waals surface area contributed by atoms with Crippen molar-refractivity contribution in [3.8, 4) is 11.8 Å². The standard InChI is InChI=1S/C23H32N4O3/c1-23(2,3)21-18-8-7-17(30-4)12-15(18)9-11-27(21)20(28)13-19(25)22(29)26-10-5-6-16(26)14-24/h7-8,12,16,19,21H,5-6,9-11,13,25H2,1-4H3/t16-,19-,21?/m0/s1. The number of nitrogens with two attached hydrogens (primary N) is 1. The second kappa shape index (κ2) is 8.65. The van der Waals surface area contributed by atoms with Crippen LogP contribution in [0.2, 0.25) is 0 Å². The van der Waals surface area contributed by atoms with Gasteiger partial charge in [0.2, 0.25) is 11.8 Å². The van der Waals surface area contributed by atoms with Gasteiger partial charge in [-0.05, 0) is 47.9 Å². The first-order valence-corrected chi connectivity index (χ1v) is 10.6. The van der Waals surface area contributed by atoms with Gasteiger partial charge in [-0.2, -0.15) is 5.26 Å². The zero-order chi connectivity index (χ0) is 22.1. The Morgan fingerprint density at radius 1 is 1.30 bits per heavy atom. The molecule has 7 nitrogen and oxygen atoms in total. The molecule has 1 unspecified atom stereocenters. The summed E-state index contributed by atoms with van der Waals surface area (Å²) in [6, 6.07) is 6.70. The topological polar surface area (TPSA) is 99.7 Å². The van der Waals surface area contributed by atoms with E-state index in [2.05, 4.69) is 26.8 Å². The Labute approximate surface area is 178 Å². The lowest BCUT2D eigenvalue weighted by Crippen LogP contribution is -2.50. The number of hydrogen-bond acceptors (Lipinski definition) is 5. The van der Waals surface area contributed by atoms with Crippen LogP contribution in [-0.2, 0) is 16.0 Å². The number of nitrogens with zero attached hydrogens (tertiary/aromatic N) is 3. The maximum absolute atomic E-state index is 13.3. The fourth-order valence-electron chi connectivity index (χ4n) is 4.70. The van der Waals surface area contributed by atoms with Gasteiger partial charge in [-0.1, -0.05) is 26.8 Å². The van der Waals surface area contributed by atoms with Gasteiger partial charge in [0.25, 0.3) is 0 Å². The Morgan fingerprint density at radius 3 is 2.67 bits per heavy atom. The number of benzene rings is 1. The van der Waals surface area contributed by atoms with Gasteiger partial charge in [0, 0.05) is 13.1 Å². The number of carbonyl (C=O) groups is 2. The zero-order valence-electron chi connectivity index (χ0n) is 18.4.